The Labute approximate surface area is 139 Å². The number of carboxylic acid groups (broad SMARTS) is 1. The highest BCUT2D eigenvalue weighted by Crippen LogP contribution is 2.25. The maximum absolute atomic E-state index is 13.5. The van der Waals surface area contributed by atoms with Gasteiger partial charge in [-0.1, -0.05) is 0 Å². The van der Waals surface area contributed by atoms with Crippen LogP contribution in [0.25, 0.3) is 10.9 Å². The summed E-state index contributed by atoms with van der Waals surface area (Å²) in [6.45, 7) is 3.07. The van der Waals surface area contributed by atoms with Gasteiger partial charge in [-0.05, 0) is 55.9 Å². The van der Waals surface area contributed by atoms with Crippen LogP contribution in [0.15, 0.2) is 18.2 Å². The number of benzene rings is 1. The number of piperidine rings is 1. The topological polar surface area (TPSA) is 73.4 Å². The van der Waals surface area contributed by atoms with E-state index in [0.717, 1.165) is 23.8 Å². The van der Waals surface area contributed by atoms with Crippen LogP contribution in [0.5, 0.6) is 0 Å². The monoisotopic (exact) mass is 332 g/mol. The summed E-state index contributed by atoms with van der Waals surface area (Å²) in [7, 11) is 0. The first kappa shape index (κ1) is 16.5. The van der Waals surface area contributed by atoms with Gasteiger partial charge in [0, 0.05) is 30.4 Å². The number of carbonyl (C=O) groups excluding carboxylic acids is 1. The molecule has 0 aliphatic carbocycles. The van der Waals surface area contributed by atoms with Gasteiger partial charge in [0.2, 0.25) is 0 Å². The first-order chi connectivity index (χ1) is 11.4. The molecule has 2 N–H and O–H groups in total. The average Bonchev–Trinajstić information content (AvgIpc) is 2.96. The Kier molecular flexibility index (Phi) is 4.55. The van der Waals surface area contributed by atoms with E-state index in [-0.39, 0.29) is 24.1 Å². The second-order valence-corrected chi connectivity index (χ2v) is 6.56. The molecule has 24 heavy (non-hydrogen) atoms. The predicted molar refractivity (Wildman–Crippen MR) is 88.5 cm³/mol. The number of aryl methyl sites for hydroxylation is 1. The maximum atomic E-state index is 13.5. The highest BCUT2D eigenvalue weighted by Gasteiger charge is 2.26. The minimum Gasteiger partial charge on any atom is -0.481 e. The number of hydrogen-bond acceptors (Lipinski definition) is 2. The van der Waals surface area contributed by atoms with E-state index in [0.29, 0.717) is 30.7 Å². The van der Waals surface area contributed by atoms with Crippen molar-refractivity contribution >= 4 is 22.8 Å². The molecule has 1 unspecified atom stereocenters. The van der Waals surface area contributed by atoms with Crippen molar-refractivity contribution in [1.82, 2.24) is 9.88 Å². The lowest BCUT2D eigenvalue weighted by molar-refractivity contribution is -0.137. The van der Waals surface area contributed by atoms with E-state index in [2.05, 4.69) is 4.98 Å². The van der Waals surface area contributed by atoms with E-state index in [1.807, 2.05) is 6.92 Å². The molecule has 3 rings (SSSR count). The highest BCUT2D eigenvalue weighted by atomic mass is 19.1. The molecule has 2 aromatic rings. The van der Waals surface area contributed by atoms with E-state index in [9.17, 15) is 14.0 Å². The fraction of sp³-hybridized carbons (Fsp3) is 0.444. The number of carboxylic acids is 1. The van der Waals surface area contributed by atoms with Crippen LogP contribution in [-0.2, 0) is 4.79 Å². The Morgan fingerprint density at radius 1 is 1.38 bits per heavy atom. The molecule has 1 fully saturated rings. The Bertz CT molecular complexity index is 784. The van der Waals surface area contributed by atoms with Crippen molar-refractivity contribution < 1.29 is 19.1 Å². The van der Waals surface area contributed by atoms with Crippen LogP contribution in [0, 0.1) is 18.7 Å². The quantitative estimate of drug-likeness (QED) is 0.902. The number of aromatic nitrogens is 1. The number of rotatable bonds is 4. The van der Waals surface area contributed by atoms with Crippen LogP contribution < -0.4 is 0 Å². The Hall–Kier alpha value is -2.37. The fourth-order valence-corrected chi connectivity index (χ4v) is 3.47. The van der Waals surface area contributed by atoms with Gasteiger partial charge in [0.1, 0.15) is 11.5 Å². The molecule has 1 aromatic carbocycles. The normalized spacial score (nSPS) is 18.1. The van der Waals surface area contributed by atoms with Crippen LogP contribution in [0.4, 0.5) is 4.39 Å². The molecule has 1 aliphatic heterocycles. The minimum absolute atomic E-state index is 0.106. The summed E-state index contributed by atoms with van der Waals surface area (Å²) in [6, 6.07) is 4.62. The molecule has 6 heteroatoms. The summed E-state index contributed by atoms with van der Waals surface area (Å²) >= 11 is 0. The zero-order valence-corrected chi connectivity index (χ0v) is 13.6. The molecule has 1 aliphatic rings. The molecule has 5 nitrogen and oxygen atoms in total. The Morgan fingerprint density at radius 3 is 2.92 bits per heavy atom. The van der Waals surface area contributed by atoms with Crippen LogP contribution in [0.3, 0.4) is 0 Å². The van der Waals surface area contributed by atoms with Gasteiger partial charge in [0.15, 0.2) is 0 Å². The summed E-state index contributed by atoms with van der Waals surface area (Å²) in [5.74, 6) is -1.01. The van der Waals surface area contributed by atoms with Crippen molar-refractivity contribution in [3.8, 4) is 0 Å². The van der Waals surface area contributed by atoms with Crippen molar-refractivity contribution in [2.75, 3.05) is 13.1 Å². The number of aromatic amines is 1. The number of halogens is 1. The Morgan fingerprint density at radius 2 is 2.17 bits per heavy atom. The van der Waals surface area contributed by atoms with Crippen molar-refractivity contribution in [3.63, 3.8) is 0 Å². The Balaban J connectivity index is 1.76. The molecule has 0 radical (unpaired) electrons. The summed E-state index contributed by atoms with van der Waals surface area (Å²) in [6.07, 6.45) is 2.56. The summed E-state index contributed by atoms with van der Waals surface area (Å²) < 4.78 is 13.5. The van der Waals surface area contributed by atoms with Crippen molar-refractivity contribution in [2.24, 2.45) is 5.92 Å². The SMILES string of the molecule is Cc1cc(F)cc2[nH]c(C(=O)N3CCCC(CCC(=O)O)C3)cc12. The van der Waals surface area contributed by atoms with Gasteiger partial charge >= 0.3 is 5.97 Å². The predicted octanol–water partition coefficient (Wildman–Crippen LogP) is 3.33. The third kappa shape index (κ3) is 3.42. The molecule has 1 amide bonds. The van der Waals surface area contributed by atoms with E-state index in [4.69, 9.17) is 5.11 Å². The van der Waals surface area contributed by atoms with Crippen LogP contribution in [-0.4, -0.2) is 40.0 Å². The van der Waals surface area contributed by atoms with Crippen LogP contribution in [0.2, 0.25) is 0 Å². The van der Waals surface area contributed by atoms with Crippen molar-refractivity contribution in [3.05, 3.63) is 35.3 Å². The summed E-state index contributed by atoms with van der Waals surface area (Å²) in [5.41, 5.74) is 1.87. The standard InChI is InChI=1S/C18H21FN2O3/c1-11-7-13(19)8-15-14(11)9-16(20-15)18(24)21-6-2-3-12(10-21)4-5-17(22)23/h7-9,12,20H,2-6,10H2,1H3,(H,22,23). The first-order valence-electron chi connectivity index (χ1n) is 8.24. The molecular formula is C18H21FN2O3. The molecule has 1 saturated heterocycles. The van der Waals surface area contributed by atoms with Gasteiger partial charge in [0.25, 0.3) is 5.91 Å². The second kappa shape index (κ2) is 6.63. The molecule has 0 saturated carbocycles. The second-order valence-electron chi connectivity index (χ2n) is 6.56. The number of hydrogen-bond donors (Lipinski definition) is 2. The number of fused-ring (bicyclic) bond motifs is 1. The third-order valence-electron chi connectivity index (χ3n) is 4.71. The van der Waals surface area contributed by atoms with E-state index >= 15 is 0 Å². The molecular weight excluding hydrogens is 311 g/mol. The number of nitrogens with zero attached hydrogens (tertiary/aromatic N) is 1. The van der Waals surface area contributed by atoms with Gasteiger partial charge in [-0.15, -0.1) is 0 Å². The first-order valence-corrected chi connectivity index (χ1v) is 8.24. The number of carbonyl (C=O) groups is 2. The van der Waals surface area contributed by atoms with Gasteiger partial charge in [-0.25, -0.2) is 4.39 Å². The third-order valence-corrected chi connectivity index (χ3v) is 4.71. The maximum Gasteiger partial charge on any atom is 0.303 e. The largest absolute Gasteiger partial charge is 0.481 e. The van der Waals surface area contributed by atoms with Crippen molar-refractivity contribution in [2.45, 2.75) is 32.6 Å². The highest BCUT2D eigenvalue weighted by molar-refractivity contribution is 5.98. The average molecular weight is 332 g/mol. The smallest absolute Gasteiger partial charge is 0.303 e. The summed E-state index contributed by atoms with van der Waals surface area (Å²) in [5, 5.41) is 9.66. The van der Waals surface area contributed by atoms with Crippen LogP contribution >= 0.6 is 0 Å². The molecule has 1 atom stereocenters. The lowest BCUT2D eigenvalue weighted by atomic mass is 9.93. The number of nitrogens with one attached hydrogen (secondary N) is 1. The number of H-pyrrole nitrogens is 1. The zero-order valence-electron chi connectivity index (χ0n) is 13.6. The molecule has 0 bridgehead atoms. The van der Waals surface area contributed by atoms with Gasteiger partial charge in [0.05, 0.1) is 0 Å². The van der Waals surface area contributed by atoms with Crippen molar-refractivity contribution in [1.29, 1.82) is 0 Å². The zero-order chi connectivity index (χ0) is 17.3. The van der Waals surface area contributed by atoms with Gasteiger partial charge < -0.3 is 15.0 Å². The molecule has 2 heterocycles. The lowest BCUT2D eigenvalue weighted by Gasteiger charge is -2.32. The molecule has 1 aromatic heterocycles. The van der Waals surface area contributed by atoms with Gasteiger partial charge in [-0.3, -0.25) is 9.59 Å². The number of aliphatic carboxylic acids is 1. The molecule has 0 spiro atoms. The molecule has 128 valence electrons. The van der Waals surface area contributed by atoms with Gasteiger partial charge in [-0.2, -0.15) is 0 Å². The minimum atomic E-state index is -0.799. The van der Waals surface area contributed by atoms with E-state index < -0.39 is 5.97 Å². The van der Waals surface area contributed by atoms with Crippen LogP contribution in [0.1, 0.15) is 41.7 Å². The number of likely N-dealkylation sites (tertiary alicyclic amines) is 1. The lowest BCUT2D eigenvalue weighted by Crippen LogP contribution is -2.40. The summed E-state index contributed by atoms with van der Waals surface area (Å²) in [4.78, 5) is 28.2. The number of amides is 1. The van der Waals surface area contributed by atoms with E-state index in [1.165, 1.54) is 12.1 Å². The fourth-order valence-electron chi connectivity index (χ4n) is 3.47. The van der Waals surface area contributed by atoms with E-state index in [1.54, 1.807) is 11.0 Å².